The Morgan fingerprint density at radius 1 is 1.14 bits per heavy atom. The largest absolute Gasteiger partial charge is 0.324 e. The van der Waals surface area contributed by atoms with E-state index in [0.717, 1.165) is 24.0 Å². The Kier molecular flexibility index (Phi) is 9.49. The summed E-state index contributed by atoms with van der Waals surface area (Å²) in [7, 11) is 0. The lowest BCUT2D eigenvalue weighted by molar-refractivity contribution is 0.104. The van der Waals surface area contributed by atoms with Gasteiger partial charge in [0.2, 0.25) is 0 Å². The average Bonchev–Trinajstić information content (AvgIpc) is 2.56. The third-order valence-corrected chi connectivity index (χ3v) is 4.03. The third kappa shape index (κ3) is 7.04. The fourth-order valence-electron chi connectivity index (χ4n) is 2.49. The maximum atomic E-state index is 12.2. The van der Waals surface area contributed by atoms with Crippen molar-refractivity contribution in [2.75, 3.05) is 0 Å². The Labute approximate surface area is 135 Å². The van der Waals surface area contributed by atoms with Gasteiger partial charge in [-0.15, -0.1) is 0 Å². The molecule has 1 rings (SSSR count). The fraction of sp³-hybridized carbons (Fsp3) is 0.550. The molecule has 1 unspecified atom stereocenters. The molecule has 0 aliphatic heterocycles. The molecule has 1 aromatic carbocycles. The molecule has 0 amide bonds. The predicted molar refractivity (Wildman–Crippen MR) is 95.1 cm³/mol. The number of ketones is 1. The maximum Gasteiger partial charge on any atom is 0.185 e. The van der Waals surface area contributed by atoms with Crippen LogP contribution in [0.4, 0.5) is 0 Å². The first-order chi connectivity index (χ1) is 10.7. The first-order valence-corrected chi connectivity index (χ1v) is 8.75. The van der Waals surface area contributed by atoms with Crippen molar-refractivity contribution in [1.82, 2.24) is 0 Å². The normalized spacial score (nSPS) is 12.7. The van der Waals surface area contributed by atoms with Crippen LogP contribution in [0.25, 0.3) is 0 Å². The molecule has 0 spiro atoms. The van der Waals surface area contributed by atoms with E-state index >= 15 is 0 Å². The highest BCUT2D eigenvalue weighted by Crippen LogP contribution is 2.16. The molecule has 0 bridgehead atoms. The molecule has 0 fully saturated rings. The number of carbonyl (C=O) groups excluding carboxylic acids is 1. The summed E-state index contributed by atoms with van der Waals surface area (Å²) in [6, 6.07) is 7.71. The van der Waals surface area contributed by atoms with Gasteiger partial charge < -0.3 is 5.73 Å². The van der Waals surface area contributed by atoms with Gasteiger partial charge in [0, 0.05) is 11.6 Å². The van der Waals surface area contributed by atoms with Crippen LogP contribution >= 0.6 is 0 Å². The van der Waals surface area contributed by atoms with Crippen LogP contribution in [0.1, 0.15) is 87.2 Å². The lowest BCUT2D eigenvalue weighted by Crippen LogP contribution is -2.09. The summed E-state index contributed by atoms with van der Waals surface area (Å²) in [6.45, 7) is 4.29. The highest BCUT2D eigenvalue weighted by atomic mass is 16.1. The molecule has 0 saturated carbocycles. The zero-order valence-corrected chi connectivity index (χ0v) is 14.2. The highest BCUT2D eigenvalue weighted by molar-refractivity contribution is 6.04. The molecule has 0 aliphatic rings. The van der Waals surface area contributed by atoms with Gasteiger partial charge in [-0.2, -0.15) is 0 Å². The summed E-state index contributed by atoms with van der Waals surface area (Å²) in [5.41, 5.74) is 7.80. The van der Waals surface area contributed by atoms with Gasteiger partial charge >= 0.3 is 0 Å². The van der Waals surface area contributed by atoms with Gasteiger partial charge in [-0.05, 0) is 37.0 Å². The van der Waals surface area contributed by atoms with Crippen molar-refractivity contribution in [3.05, 3.63) is 47.5 Å². The van der Waals surface area contributed by atoms with E-state index in [2.05, 4.69) is 13.8 Å². The van der Waals surface area contributed by atoms with Gasteiger partial charge in [0.15, 0.2) is 5.78 Å². The highest BCUT2D eigenvalue weighted by Gasteiger charge is 2.06. The van der Waals surface area contributed by atoms with Gasteiger partial charge in [0.05, 0.1) is 0 Å². The second-order valence-corrected chi connectivity index (χ2v) is 5.96. The smallest absolute Gasteiger partial charge is 0.185 e. The summed E-state index contributed by atoms with van der Waals surface area (Å²) in [4.78, 5) is 12.2. The number of rotatable bonds is 11. The lowest BCUT2D eigenvalue weighted by atomic mass is 10.0. The summed E-state index contributed by atoms with van der Waals surface area (Å²) in [5, 5.41) is 0. The SMILES string of the molecule is CCCCCCCC/C=C/C(=O)c1cccc(C(N)CC)c1. The number of unbranched alkanes of at least 4 members (excludes halogenated alkanes) is 6. The summed E-state index contributed by atoms with van der Waals surface area (Å²) >= 11 is 0. The van der Waals surface area contributed by atoms with Crippen LogP contribution in [0.3, 0.4) is 0 Å². The van der Waals surface area contributed by atoms with Gasteiger partial charge in [-0.1, -0.05) is 70.2 Å². The third-order valence-electron chi connectivity index (χ3n) is 4.03. The zero-order valence-electron chi connectivity index (χ0n) is 14.2. The maximum absolute atomic E-state index is 12.2. The zero-order chi connectivity index (χ0) is 16.2. The molecule has 0 saturated heterocycles. The number of allylic oxidation sites excluding steroid dienone is 2. The van der Waals surface area contributed by atoms with Crippen molar-refractivity contribution in [2.45, 2.75) is 71.3 Å². The second-order valence-electron chi connectivity index (χ2n) is 5.96. The second kappa shape index (κ2) is 11.2. The molecular formula is C20H31NO. The van der Waals surface area contributed by atoms with Crippen LogP contribution in [0.2, 0.25) is 0 Å². The minimum absolute atomic E-state index is 0.0138. The first kappa shape index (κ1) is 18.6. The van der Waals surface area contributed by atoms with E-state index < -0.39 is 0 Å². The Morgan fingerprint density at radius 3 is 2.59 bits per heavy atom. The van der Waals surface area contributed by atoms with E-state index in [0.29, 0.717) is 0 Å². The van der Waals surface area contributed by atoms with Crippen LogP contribution in [-0.4, -0.2) is 5.78 Å². The van der Waals surface area contributed by atoms with Crippen molar-refractivity contribution in [1.29, 1.82) is 0 Å². The predicted octanol–water partition coefficient (Wildman–Crippen LogP) is 5.59. The summed E-state index contributed by atoms with van der Waals surface area (Å²) in [5.74, 6) is 0.0798. The van der Waals surface area contributed by atoms with E-state index in [4.69, 9.17) is 5.73 Å². The molecule has 2 N–H and O–H groups in total. The van der Waals surface area contributed by atoms with E-state index in [1.807, 2.05) is 30.3 Å². The molecule has 122 valence electrons. The molecule has 1 aromatic rings. The van der Waals surface area contributed by atoms with E-state index in [-0.39, 0.29) is 11.8 Å². The van der Waals surface area contributed by atoms with Crippen molar-refractivity contribution >= 4 is 5.78 Å². The molecule has 0 radical (unpaired) electrons. The van der Waals surface area contributed by atoms with Gasteiger partial charge in [0.25, 0.3) is 0 Å². The Bertz CT molecular complexity index is 465. The van der Waals surface area contributed by atoms with Gasteiger partial charge in [-0.25, -0.2) is 0 Å². The Balaban J connectivity index is 2.37. The first-order valence-electron chi connectivity index (χ1n) is 8.75. The van der Waals surface area contributed by atoms with Gasteiger partial charge in [0.1, 0.15) is 0 Å². The van der Waals surface area contributed by atoms with Crippen molar-refractivity contribution < 1.29 is 4.79 Å². The minimum Gasteiger partial charge on any atom is -0.324 e. The summed E-state index contributed by atoms with van der Waals surface area (Å²) in [6.07, 6.45) is 13.3. The molecule has 22 heavy (non-hydrogen) atoms. The molecule has 0 heterocycles. The Morgan fingerprint density at radius 2 is 1.86 bits per heavy atom. The molecule has 2 nitrogen and oxygen atoms in total. The van der Waals surface area contributed by atoms with Crippen molar-refractivity contribution in [3.63, 3.8) is 0 Å². The monoisotopic (exact) mass is 301 g/mol. The fourth-order valence-corrected chi connectivity index (χ4v) is 2.49. The number of hydrogen-bond acceptors (Lipinski definition) is 2. The molecule has 2 heteroatoms. The minimum atomic E-state index is 0.0138. The van der Waals surface area contributed by atoms with Crippen molar-refractivity contribution in [3.8, 4) is 0 Å². The average molecular weight is 301 g/mol. The topological polar surface area (TPSA) is 43.1 Å². The van der Waals surface area contributed by atoms with Crippen LogP contribution in [0.15, 0.2) is 36.4 Å². The number of hydrogen-bond donors (Lipinski definition) is 1. The number of carbonyl (C=O) groups is 1. The van der Waals surface area contributed by atoms with Crippen LogP contribution in [0.5, 0.6) is 0 Å². The quantitative estimate of drug-likeness (QED) is 0.329. The van der Waals surface area contributed by atoms with Crippen LogP contribution in [0, 0.1) is 0 Å². The van der Waals surface area contributed by atoms with E-state index in [1.165, 1.54) is 38.5 Å². The Hall–Kier alpha value is -1.41. The van der Waals surface area contributed by atoms with Crippen molar-refractivity contribution in [2.24, 2.45) is 5.73 Å². The summed E-state index contributed by atoms with van der Waals surface area (Å²) < 4.78 is 0. The van der Waals surface area contributed by atoms with Crippen LogP contribution in [-0.2, 0) is 0 Å². The van der Waals surface area contributed by atoms with E-state index in [9.17, 15) is 4.79 Å². The number of benzene rings is 1. The van der Waals surface area contributed by atoms with Gasteiger partial charge in [-0.3, -0.25) is 4.79 Å². The molecular weight excluding hydrogens is 270 g/mol. The standard InChI is InChI=1S/C20H31NO/c1-3-5-6-7-8-9-10-11-15-20(22)18-14-12-13-17(16-18)19(21)4-2/h11-16,19H,3-10,21H2,1-2H3/b15-11+. The van der Waals surface area contributed by atoms with Crippen LogP contribution < -0.4 is 5.73 Å². The molecule has 1 atom stereocenters. The molecule has 0 aromatic heterocycles. The number of nitrogens with two attached hydrogens (primary N) is 1. The molecule has 0 aliphatic carbocycles. The lowest BCUT2D eigenvalue weighted by Gasteiger charge is -2.09. The van der Waals surface area contributed by atoms with E-state index in [1.54, 1.807) is 6.08 Å².